The van der Waals surface area contributed by atoms with E-state index in [1.54, 1.807) is 14.2 Å². The van der Waals surface area contributed by atoms with Crippen LogP contribution in [0.15, 0.2) is 24.3 Å². The second-order valence-electron chi connectivity index (χ2n) is 14.1. The third kappa shape index (κ3) is 36.0. The summed E-state index contributed by atoms with van der Waals surface area (Å²) in [7, 11) is 3.36. The fourth-order valence-electron chi connectivity index (χ4n) is 5.81. The summed E-state index contributed by atoms with van der Waals surface area (Å²) in [5.74, 6) is 0. The smallest absolute Gasteiger partial charge is 0.179 e. The highest BCUT2D eigenvalue weighted by Gasteiger charge is 2.12. The van der Waals surface area contributed by atoms with Crippen molar-refractivity contribution < 1.29 is 33.2 Å². The first kappa shape index (κ1) is 50.2. The van der Waals surface area contributed by atoms with Crippen LogP contribution in [0, 0.1) is 0 Å². The quantitative estimate of drug-likeness (QED) is 0.0352. The van der Waals surface area contributed by atoms with E-state index in [0.717, 1.165) is 90.6 Å². The molecule has 0 aliphatic carbocycles. The van der Waals surface area contributed by atoms with Gasteiger partial charge in [-0.3, -0.25) is 0 Å². The maximum atomic E-state index is 6.06. The zero-order valence-electron chi connectivity index (χ0n) is 34.7. The van der Waals surface area contributed by atoms with Gasteiger partial charge >= 0.3 is 0 Å². The third-order valence-corrected chi connectivity index (χ3v) is 9.15. The highest BCUT2D eigenvalue weighted by Crippen LogP contribution is 2.16. The van der Waals surface area contributed by atoms with Gasteiger partial charge in [-0.2, -0.15) is 0 Å². The first-order valence-electron chi connectivity index (χ1n) is 21.7. The van der Waals surface area contributed by atoms with E-state index in [2.05, 4.69) is 39.8 Å². The molecule has 2 atom stereocenters. The predicted octanol–water partition coefficient (Wildman–Crippen LogP) is 13.0. The van der Waals surface area contributed by atoms with Crippen molar-refractivity contribution in [1.82, 2.24) is 0 Å². The van der Waals surface area contributed by atoms with Gasteiger partial charge in [0.25, 0.3) is 0 Å². The molecule has 0 amide bonds. The molecule has 0 rings (SSSR count). The van der Waals surface area contributed by atoms with Crippen molar-refractivity contribution in [1.29, 1.82) is 0 Å². The Morgan fingerprint density at radius 1 is 0.373 bits per heavy atom. The molecule has 304 valence electrons. The minimum Gasteiger partial charge on any atom is -0.353 e. The van der Waals surface area contributed by atoms with Gasteiger partial charge in [-0.05, 0) is 89.2 Å². The maximum absolute atomic E-state index is 6.06. The van der Waals surface area contributed by atoms with Gasteiger partial charge in [-0.25, -0.2) is 0 Å². The molecule has 0 saturated carbocycles. The van der Waals surface area contributed by atoms with Crippen LogP contribution in [-0.4, -0.2) is 65.8 Å². The van der Waals surface area contributed by atoms with E-state index < -0.39 is 12.6 Å². The Kier molecular flexibility index (Phi) is 41.3. The average molecular weight is 727 g/mol. The standard InChI is InChI=1S/C44H86O7/c1-7-11-29-37-47-43(48-38-30-12-8-2)35-27-23-19-15-17-21-25-33-41(45-5)51-42(46-6)34-26-22-18-16-20-24-28-36-44(49-39-31-13-9-3)50-40-32-14-10-4/h25-26,33-34,41-44H,7-24,27-32,35-40H2,1-6H3. The fraction of sp³-hybridized carbons (Fsp3) is 0.909. The van der Waals surface area contributed by atoms with Gasteiger partial charge in [0.15, 0.2) is 25.2 Å². The molecule has 51 heavy (non-hydrogen) atoms. The summed E-state index contributed by atoms with van der Waals surface area (Å²) in [6.07, 6.45) is 37.9. The van der Waals surface area contributed by atoms with Gasteiger partial charge in [-0.15, -0.1) is 0 Å². The van der Waals surface area contributed by atoms with Gasteiger partial charge in [0.05, 0.1) is 0 Å². The summed E-state index contributed by atoms with van der Waals surface area (Å²) in [6, 6.07) is 0. The topological polar surface area (TPSA) is 64.6 Å². The zero-order chi connectivity index (χ0) is 37.3. The van der Waals surface area contributed by atoms with E-state index in [-0.39, 0.29) is 12.6 Å². The monoisotopic (exact) mass is 727 g/mol. The maximum Gasteiger partial charge on any atom is 0.179 e. The van der Waals surface area contributed by atoms with Crippen molar-refractivity contribution >= 4 is 0 Å². The van der Waals surface area contributed by atoms with E-state index in [0.29, 0.717) is 0 Å². The molecule has 0 aromatic carbocycles. The Bertz CT molecular complexity index is 634. The van der Waals surface area contributed by atoms with E-state index in [4.69, 9.17) is 33.2 Å². The molecule has 0 aromatic heterocycles. The lowest BCUT2D eigenvalue weighted by molar-refractivity contribution is -0.188. The first-order valence-corrected chi connectivity index (χ1v) is 21.7. The Balaban J connectivity index is 4.12. The lowest BCUT2D eigenvalue weighted by Gasteiger charge is -2.19. The van der Waals surface area contributed by atoms with Gasteiger partial charge in [0.2, 0.25) is 0 Å². The minimum atomic E-state index is -0.415. The minimum absolute atomic E-state index is 0.0293. The molecule has 0 fully saturated rings. The van der Waals surface area contributed by atoms with Crippen LogP contribution in [-0.2, 0) is 33.2 Å². The Morgan fingerprint density at radius 3 is 1.00 bits per heavy atom. The number of hydrogen-bond acceptors (Lipinski definition) is 7. The molecule has 0 heterocycles. The highest BCUT2D eigenvalue weighted by atomic mass is 16.8. The molecule has 7 heteroatoms. The molecule has 0 saturated heterocycles. The van der Waals surface area contributed by atoms with Crippen LogP contribution in [0.5, 0.6) is 0 Å². The summed E-state index contributed by atoms with van der Waals surface area (Å²) in [5, 5.41) is 0. The second-order valence-corrected chi connectivity index (χ2v) is 14.1. The van der Waals surface area contributed by atoms with Gasteiger partial charge in [-0.1, -0.05) is 130 Å². The normalized spacial score (nSPS) is 13.5. The number of unbranched alkanes of at least 4 members (excludes halogenated alkanes) is 18. The molecule has 0 radical (unpaired) electrons. The molecule has 0 spiro atoms. The highest BCUT2D eigenvalue weighted by molar-refractivity contribution is 4.89. The number of hydrogen-bond donors (Lipinski definition) is 0. The van der Waals surface area contributed by atoms with Crippen LogP contribution < -0.4 is 0 Å². The summed E-state index contributed by atoms with van der Waals surface area (Å²) < 4.78 is 41.3. The van der Waals surface area contributed by atoms with Crippen LogP contribution >= 0.6 is 0 Å². The summed E-state index contributed by atoms with van der Waals surface area (Å²) in [5.41, 5.74) is 0. The number of ether oxygens (including phenoxy) is 7. The SMILES string of the molecule is CCCCCOC(CCCCCCCC=CC(OC)OC(C=CCCCCCCCC(OCCCCC)OCCCCC)OC)OCCCCC. The van der Waals surface area contributed by atoms with Gasteiger partial charge in [0.1, 0.15) is 0 Å². The summed E-state index contributed by atoms with van der Waals surface area (Å²) in [4.78, 5) is 0. The second kappa shape index (κ2) is 41.9. The van der Waals surface area contributed by atoms with Crippen LogP contribution in [0.25, 0.3) is 0 Å². The van der Waals surface area contributed by atoms with E-state index in [9.17, 15) is 0 Å². The number of allylic oxidation sites excluding steroid dienone is 2. The molecule has 2 unspecified atom stereocenters. The van der Waals surface area contributed by atoms with Crippen molar-refractivity contribution in [2.45, 2.75) is 220 Å². The molecular weight excluding hydrogens is 640 g/mol. The number of methoxy groups -OCH3 is 2. The molecule has 0 aliphatic heterocycles. The van der Waals surface area contributed by atoms with Crippen LogP contribution in [0.4, 0.5) is 0 Å². The number of rotatable bonds is 42. The largest absolute Gasteiger partial charge is 0.353 e. The lowest BCUT2D eigenvalue weighted by atomic mass is 10.1. The average Bonchev–Trinajstić information content (AvgIpc) is 3.14. The molecule has 0 bridgehead atoms. The van der Waals surface area contributed by atoms with Crippen LogP contribution in [0.1, 0.15) is 195 Å². The Labute approximate surface area is 317 Å². The molecule has 7 nitrogen and oxygen atoms in total. The van der Waals surface area contributed by atoms with Crippen molar-refractivity contribution in [2.24, 2.45) is 0 Å². The van der Waals surface area contributed by atoms with Gasteiger partial charge < -0.3 is 33.2 Å². The Morgan fingerprint density at radius 2 is 0.686 bits per heavy atom. The first-order chi connectivity index (χ1) is 25.1. The van der Waals surface area contributed by atoms with E-state index in [1.807, 2.05) is 12.2 Å². The zero-order valence-corrected chi connectivity index (χ0v) is 34.7. The van der Waals surface area contributed by atoms with Crippen molar-refractivity contribution in [3.8, 4) is 0 Å². The van der Waals surface area contributed by atoms with E-state index >= 15 is 0 Å². The van der Waals surface area contributed by atoms with Crippen LogP contribution in [0.2, 0.25) is 0 Å². The molecule has 0 N–H and O–H groups in total. The fourth-order valence-corrected chi connectivity index (χ4v) is 5.81. The summed E-state index contributed by atoms with van der Waals surface area (Å²) >= 11 is 0. The van der Waals surface area contributed by atoms with Crippen molar-refractivity contribution in [3.05, 3.63) is 24.3 Å². The molecule has 0 aromatic rings. The summed E-state index contributed by atoms with van der Waals surface area (Å²) in [6.45, 7) is 12.2. The molecule has 0 aliphatic rings. The van der Waals surface area contributed by atoms with Crippen LogP contribution in [0.3, 0.4) is 0 Å². The predicted molar refractivity (Wildman–Crippen MR) is 215 cm³/mol. The Hall–Kier alpha value is -0.800. The molecular formula is C44H86O7. The lowest BCUT2D eigenvalue weighted by Crippen LogP contribution is -2.22. The third-order valence-electron chi connectivity index (χ3n) is 9.15. The van der Waals surface area contributed by atoms with Gasteiger partial charge in [0, 0.05) is 40.6 Å². The van der Waals surface area contributed by atoms with Crippen molar-refractivity contribution in [2.75, 3.05) is 40.6 Å². The van der Waals surface area contributed by atoms with E-state index in [1.165, 1.54) is 103 Å². The van der Waals surface area contributed by atoms with Crippen molar-refractivity contribution in [3.63, 3.8) is 0 Å².